The first-order valence-corrected chi connectivity index (χ1v) is 17.8. The van der Waals surface area contributed by atoms with Gasteiger partial charge in [0, 0.05) is 51.3 Å². The van der Waals surface area contributed by atoms with Crippen molar-refractivity contribution >= 4 is 22.9 Å². The maximum absolute atomic E-state index is 13.8. The summed E-state index contributed by atoms with van der Waals surface area (Å²) in [5.41, 5.74) is 6.63. The molecule has 1 saturated heterocycles. The Morgan fingerprint density at radius 3 is 2.33 bits per heavy atom. The zero-order chi connectivity index (χ0) is 34.9. The molecule has 2 heterocycles. The minimum absolute atomic E-state index is 0.0830. The molecule has 5 rings (SSSR count). The number of hydrogen-bond acceptors (Lipinski definition) is 7. The molecule has 1 aliphatic heterocycles. The van der Waals surface area contributed by atoms with E-state index in [4.69, 9.17) is 19.2 Å². The number of anilines is 1. The first kappa shape index (κ1) is 36.1. The van der Waals surface area contributed by atoms with Crippen LogP contribution in [0, 0.1) is 13.8 Å². The highest BCUT2D eigenvalue weighted by molar-refractivity contribution is 5.95. The Bertz CT molecular complexity index is 1680. The van der Waals surface area contributed by atoms with Gasteiger partial charge in [-0.2, -0.15) is 0 Å². The predicted molar refractivity (Wildman–Crippen MR) is 199 cm³/mol. The smallest absolute Gasteiger partial charge is 0.253 e. The van der Waals surface area contributed by atoms with Crippen LogP contribution in [0.2, 0.25) is 0 Å². The number of amides is 1. The molecule has 264 valence electrons. The Morgan fingerprint density at radius 2 is 1.63 bits per heavy atom. The number of carbonyl (C=O) groups is 1. The lowest BCUT2D eigenvalue weighted by Crippen LogP contribution is -2.35. The van der Waals surface area contributed by atoms with Crippen molar-refractivity contribution < 1.29 is 19.0 Å². The number of nitrogens with zero attached hydrogens (tertiary/aromatic N) is 5. The van der Waals surface area contributed by atoms with Gasteiger partial charge in [-0.05, 0) is 87.2 Å². The maximum atomic E-state index is 13.8. The van der Waals surface area contributed by atoms with E-state index in [1.54, 1.807) is 33.5 Å². The average Bonchev–Trinajstić information content (AvgIpc) is 3.31. The molecule has 9 nitrogen and oxygen atoms in total. The second-order valence-electron chi connectivity index (χ2n) is 13.4. The number of aromatic nitrogens is 2. The first-order valence-electron chi connectivity index (χ1n) is 17.8. The van der Waals surface area contributed by atoms with Gasteiger partial charge in [0.05, 0.1) is 32.4 Å². The van der Waals surface area contributed by atoms with Gasteiger partial charge < -0.3 is 33.5 Å². The second kappa shape index (κ2) is 16.9. The van der Waals surface area contributed by atoms with Gasteiger partial charge in [-0.25, -0.2) is 4.98 Å². The van der Waals surface area contributed by atoms with Crippen LogP contribution >= 0.6 is 0 Å². The predicted octanol–water partition coefficient (Wildman–Crippen LogP) is 7.33. The number of hydrogen-bond donors (Lipinski definition) is 0. The van der Waals surface area contributed by atoms with E-state index in [1.165, 1.54) is 41.5 Å². The average molecular weight is 670 g/mol. The zero-order valence-electron chi connectivity index (χ0n) is 30.6. The molecule has 0 N–H and O–H groups in total. The van der Waals surface area contributed by atoms with E-state index < -0.39 is 0 Å². The van der Waals surface area contributed by atoms with Crippen LogP contribution in [0.25, 0.3) is 11.0 Å². The fraction of sp³-hybridized carbons (Fsp3) is 0.500. The summed E-state index contributed by atoms with van der Waals surface area (Å²) in [6.07, 6.45) is 5.64. The Kier molecular flexibility index (Phi) is 12.5. The van der Waals surface area contributed by atoms with Gasteiger partial charge >= 0.3 is 0 Å². The molecule has 0 saturated carbocycles. The van der Waals surface area contributed by atoms with Crippen LogP contribution in [-0.4, -0.2) is 92.9 Å². The van der Waals surface area contributed by atoms with Gasteiger partial charge in [0.25, 0.3) is 5.91 Å². The summed E-state index contributed by atoms with van der Waals surface area (Å²) < 4.78 is 19.0. The Balaban J connectivity index is 1.30. The molecule has 1 aliphatic rings. The number of ether oxygens (including phenoxy) is 3. The highest BCUT2D eigenvalue weighted by Crippen LogP contribution is 2.38. The van der Waals surface area contributed by atoms with Crippen LogP contribution in [-0.2, 0) is 6.54 Å². The third-order valence-corrected chi connectivity index (χ3v) is 10.0. The number of benzene rings is 3. The summed E-state index contributed by atoms with van der Waals surface area (Å²) in [5.74, 6) is 2.62. The van der Waals surface area contributed by atoms with E-state index in [9.17, 15) is 4.79 Å². The molecule has 4 aromatic rings. The standard InChI is InChI=1S/C40H55N5O4/c1-8-9-12-21-45-35-15-11-10-14-34(35)41-40(45)44-20-13-19-43(23-24-44)22-18-32(31-17-16-29(2)30(3)25-31)28-42(4)39(46)33-26-36(47-5)38(49-7)37(27-33)48-6/h10-11,14-17,25-27,32H,8-9,12-13,18-24,28H2,1-7H3. The largest absolute Gasteiger partial charge is 0.493 e. The van der Waals surface area contributed by atoms with Crippen LogP contribution in [0.5, 0.6) is 17.2 Å². The van der Waals surface area contributed by atoms with Crippen LogP contribution in [0.1, 0.15) is 72.0 Å². The number of imidazole rings is 1. The quantitative estimate of drug-likeness (QED) is 0.123. The van der Waals surface area contributed by atoms with Crippen molar-refractivity contribution in [3.05, 3.63) is 76.9 Å². The number of likely N-dealkylation sites (N-methyl/N-ethyl adjacent to an activating group) is 1. The lowest BCUT2D eigenvalue weighted by molar-refractivity contribution is 0.0782. The van der Waals surface area contributed by atoms with Crippen molar-refractivity contribution in [2.75, 3.05) is 72.5 Å². The molecule has 0 spiro atoms. The Labute approximate surface area is 292 Å². The molecule has 9 heteroatoms. The number of rotatable bonds is 15. The lowest BCUT2D eigenvalue weighted by atomic mass is 9.92. The fourth-order valence-corrected chi connectivity index (χ4v) is 7.00. The molecule has 1 aromatic heterocycles. The molecular weight excluding hydrogens is 614 g/mol. The monoisotopic (exact) mass is 669 g/mol. The second-order valence-corrected chi connectivity index (χ2v) is 13.4. The Hall–Kier alpha value is -4.24. The molecule has 1 amide bonds. The number of para-hydroxylation sites is 2. The number of unbranched alkanes of at least 4 members (excludes halogenated alkanes) is 2. The number of aryl methyl sites for hydroxylation is 3. The molecule has 0 bridgehead atoms. The van der Waals surface area contributed by atoms with E-state index in [0.29, 0.717) is 29.4 Å². The highest BCUT2D eigenvalue weighted by Gasteiger charge is 2.25. The van der Waals surface area contributed by atoms with Crippen LogP contribution in [0.4, 0.5) is 5.95 Å². The van der Waals surface area contributed by atoms with Crippen molar-refractivity contribution in [3.8, 4) is 17.2 Å². The van der Waals surface area contributed by atoms with Crippen LogP contribution < -0.4 is 19.1 Å². The van der Waals surface area contributed by atoms with Crippen molar-refractivity contribution in [3.63, 3.8) is 0 Å². The van der Waals surface area contributed by atoms with Gasteiger partial charge in [0.2, 0.25) is 11.7 Å². The van der Waals surface area contributed by atoms with Crippen molar-refractivity contribution in [1.29, 1.82) is 0 Å². The third-order valence-electron chi connectivity index (χ3n) is 10.0. The summed E-state index contributed by atoms with van der Waals surface area (Å²) in [6, 6.07) is 18.7. The normalized spacial score (nSPS) is 14.5. The summed E-state index contributed by atoms with van der Waals surface area (Å²) in [6.45, 7) is 13.1. The van der Waals surface area contributed by atoms with E-state index in [2.05, 4.69) is 77.6 Å². The van der Waals surface area contributed by atoms with Crippen LogP contribution in [0.15, 0.2) is 54.6 Å². The van der Waals surface area contributed by atoms with Gasteiger partial charge in [-0.15, -0.1) is 0 Å². The summed E-state index contributed by atoms with van der Waals surface area (Å²) in [4.78, 5) is 25.9. The summed E-state index contributed by atoms with van der Waals surface area (Å²) in [7, 11) is 6.58. The number of fused-ring (bicyclic) bond motifs is 1. The molecular formula is C40H55N5O4. The number of carbonyl (C=O) groups excluding carboxylic acids is 1. The molecule has 1 atom stereocenters. The first-order chi connectivity index (χ1) is 23.8. The minimum atomic E-state index is -0.0830. The van der Waals surface area contributed by atoms with Crippen LogP contribution in [0.3, 0.4) is 0 Å². The molecule has 0 radical (unpaired) electrons. The number of methoxy groups -OCH3 is 3. The van der Waals surface area contributed by atoms with Gasteiger partial charge in [0.1, 0.15) is 0 Å². The van der Waals surface area contributed by atoms with Gasteiger partial charge in [0.15, 0.2) is 11.5 Å². The fourth-order valence-electron chi connectivity index (χ4n) is 7.00. The van der Waals surface area contributed by atoms with E-state index in [1.807, 2.05) is 11.9 Å². The van der Waals surface area contributed by atoms with E-state index in [0.717, 1.165) is 63.6 Å². The molecule has 49 heavy (non-hydrogen) atoms. The van der Waals surface area contributed by atoms with E-state index in [-0.39, 0.29) is 11.8 Å². The SMILES string of the molecule is CCCCCn1c(N2CCCN(CCC(CN(C)C(=O)c3cc(OC)c(OC)c(OC)c3)c3ccc(C)c(C)c3)CC2)nc2ccccc21. The van der Waals surface area contributed by atoms with Gasteiger partial charge in [-0.3, -0.25) is 4.79 Å². The Morgan fingerprint density at radius 1 is 0.878 bits per heavy atom. The molecule has 3 aromatic carbocycles. The molecule has 0 aliphatic carbocycles. The third kappa shape index (κ3) is 8.50. The lowest BCUT2D eigenvalue weighted by Gasteiger charge is -2.28. The highest BCUT2D eigenvalue weighted by atomic mass is 16.5. The molecule has 1 fully saturated rings. The van der Waals surface area contributed by atoms with Crippen molar-refractivity contribution in [1.82, 2.24) is 19.4 Å². The van der Waals surface area contributed by atoms with Gasteiger partial charge in [-0.1, -0.05) is 50.1 Å². The summed E-state index contributed by atoms with van der Waals surface area (Å²) in [5, 5.41) is 0. The zero-order valence-corrected chi connectivity index (χ0v) is 30.6. The summed E-state index contributed by atoms with van der Waals surface area (Å²) >= 11 is 0. The van der Waals surface area contributed by atoms with Crippen molar-refractivity contribution in [2.45, 2.75) is 65.3 Å². The molecule has 1 unspecified atom stereocenters. The van der Waals surface area contributed by atoms with E-state index >= 15 is 0 Å². The van der Waals surface area contributed by atoms with Crippen molar-refractivity contribution in [2.24, 2.45) is 0 Å². The maximum Gasteiger partial charge on any atom is 0.253 e. The minimum Gasteiger partial charge on any atom is -0.493 e. The topological polar surface area (TPSA) is 72.3 Å².